The third kappa shape index (κ3) is 1.88. The predicted octanol–water partition coefficient (Wildman–Crippen LogP) is 2.27. The molecule has 0 aromatic carbocycles. The summed E-state index contributed by atoms with van der Waals surface area (Å²) < 4.78 is 0. The third-order valence-electron chi connectivity index (χ3n) is 2.53. The lowest BCUT2D eigenvalue weighted by molar-refractivity contribution is -0.117. The standard InChI is InChI=1S/C11H11ClN2O/c1-2-8-5-11(15)14(7-8)10-3-4-13-6-9(10)12/h2-4,6,8H,1,5,7H2. The summed E-state index contributed by atoms with van der Waals surface area (Å²) in [6, 6.07) is 1.76. The van der Waals surface area contributed by atoms with Gasteiger partial charge in [-0.05, 0) is 6.07 Å². The summed E-state index contributed by atoms with van der Waals surface area (Å²) in [4.78, 5) is 17.3. The lowest BCUT2D eigenvalue weighted by Gasteiger charge is -2.16. The molecule has 1 atom stereocenters. The lowest BCUT2D eigenvalue weighted by atomic mass is 10.1. The van der Waals surface area contributed by atoms with Crippen LogP contribution in [0.5, 0.6) is 0 Å². The first kappa shape index (κ1) is 10.2. The quantitative estimate of drug-likeness (QED) is 0.720. The van der Waals surface area contributed by atoms with Crippen molar-refractivity contribution in [2.24, 2.45) is 5.92 Å². The summed E-state index contributed by atoms with van der Waals surface area (Å²) in [5.41, 5.74) is 0.737. The molecule has 1 fully saturated rings. The van der Waals surface area contributed by atoms with Crippen LogP contribution in [0, 0.1) is 5.92 Å². The molecular formula is C11H11ClN2O. The fourth-order valence-corrected chi connectivity index (χ4v) is 1.93. The highest BCUT2D eigenvalue weighted by atomic mass is 35.5. The highest BCUT2D eigenvalue weighted by molar-refractivity contribution is 6.33. The molecule has 4 heteroatoms. The smallest absolute Gasteiger partial charge is 0.227 e. The van der Waals surface area contributed by atoms with Crippen molar-refractivity contribution >= 4 is 23.2 Å². The van der Waals surface area contributed by atoms with Crippen molar-refractivity contribution in [3.63, 3.8) is 0 Å². The summed E-state index contributed by atoms with van der Waals surface area (Å²) in [6.07, 6.45) is 5.51. The molecule has 0 radical (unpaired) electrons. The largest absolute Gasteiger partial charge is 0.310 e. The minimum atomic E-state index is 0.0907. The molecule has 1 aliphatic rings. The van der Waals surface area contributed by atoms with E-state index >= 15 is 0 Å². The average molecular weight is 223 g/mol. The fourth-order valence-electron chi connectivity index (χ4n) is 1.71. The van der Waals surface area contributed by atoms with Gasteiger partial charge >= 0.3 is 0 Å². The van der Waals surface area contributed by atoms with E-state index in [4.69, 9.17) is 11.6 Å². The molecule has 1 saturated heterocycles. The van der Waals surface area contributed by atoms with Gasteiger partial charge in [-0.25, -0.2) is 0 Å². The molecule has 78 valence electrons. The second kappa shape index (κ2) is 4.03. The first-order chi connectivity index (χ1) is 7.22. The average Bonchev–Trinajstić information content (AvgIpc) is 2.60. The number of carbonyl (C=O) groups is 1. The van der Waals surface area contributed by atoms with Crippen LogP contribution in [0.2, 0.25) is 5.02 Å². The minimum absolute atomic E-state index is 0.0907. The molecule has 0 bridgehead atoms. The Morgan fingerprint density at radius 1 is 1.67 bits per heavy atom. The summed E-state index contributed by atoms with van der Waals surface area (Å²) >= 11 is 5.98. The van der Waals surface area contributed by atoms with E-state index in [1.165, 1.54) is 0 Å². The maximum absolute atomic E-state index is 11.7. The Hall–Kier alpha value is -1.35. The molecule has 2 rings (SSSR count). The van der Waals surface area contributed by atoms with Crippen LogP contribution in [0.4, 0.5) is 5.69 Å². The van der Waals surface area contributed by atoms with Gasteiger partial charge in [-0.3, -0.25) is 9.78 Å². The van der Waals surface area contributed by atoms with E-state index in [2.05, 4.69) is 11.6 Å². The van der Waals surface area contributed by atoms with Gasteiger partial charge < -0.3 is 4.90 Å². The Morgan fingerprint density at radius 2 is 2.47 bits per heavy atom. The van der Waals surface area contributed by atoms with Gasteiger partial charge in [0.15, 0.2) is 0 Å². The van der Waals surface area contributed by atoms with E-state index in [-0.39, 0.29) is 11.8 Å². The number of pyridine rings is 1. The van der Waals surface area contributed by atoms with Crippen molar-refractivity contribution in [3.05, 3.63) is 36.1 Å². The zero-order chi connectivity index (χ0) is 10.8. The number of nitrogens with zero attached hydrogens (tertiary/aromatic N) is 2. The molecule has 0 aliphatic carbocycles. The van der Waals surface area contributed by atoms with Gasteiger partial charge in [0.25, 0.3) is 0 Å². The van der Waals surface area contributed by atoms with Crippen LogP contribution in [0.1, 0.15) is 6.42 Å². The van der Waals surface area contributed by atoms with Crippen LogP contribution in [-0.2, 0) is 4.79 Å². The topological polar surface area (TPSA) is 33.2 Å². The van der Waals surface area contributed by atoms with Gasteiger partial charge in [-0.2, -0.15) is 0 Å². The lowest BCUT2D eigenvalue weighted by Crippen LogP contribution is -2.24. The first-order valence-electron chi connectivity index (χ1n) is 4.75. The van der Waals surface area contributed by atoms with Crippen LogP contribution in [0.25, 0.3) is 0 Å². The number of hydrogen-bond acceptors (Lipinski definition) is 2. The van der Waals surface area contributed by atoms with Gasteiger partial charge in [0, 0.05) is 31.3 Å². The Morgan fingerprint density at radius 3 is 3.07 bits per heavy atom. The van der Waals surface area contributed by atoms with Crippen LogP contribution in [-0.4, -0.2) is 17.4 Å². The Labute approximate surface area is 93.4 Å². The minimum Gasteiger partial charge on any atom is -0.310 e. The Balaban J connectivity index is 2.29. The van der Waals surface area contributed by atoms with Crippen LogP contribution in [0.3, 0.4) is 0 Å². The molecule has 1 aromatic heterocycles. The molecule has 1 amide bonds. The van der Waals surface area contributed by atoms with E-state index in [0.29, 0.717) is 18.0 Å². The van der Waals surface area contributed by atoms with Crippen molar-refractivity contribution in [1.29, 1.82) is 0 Å². The van der Waals surface area contributed by atoms with Crippen molar-refractivity contribution in [2.75, 3.05) is 11.4 Å². The van der Waals surface area contributed by atoms with E-state index in [1.807, 2.05) is 6.08 Å². The zero-order valence-corrected chi connectivity index (χ0v) is 8.94. The molecule has 1 aliphatic heterocycles. The van der Waals surface area contributed by atoms with Crippen LogP contribution < -0.4 is 4.90 Å². The molecule has 2 heterocycles. The highest BCUT2D eigenvalue weighted by Crippen LogP contribution is 2.30. The molecule has 1 unspecified atom stereocenters. The molecule has 0 saturated carbocycles. The molecule has 3 nitrogen and oxygen atoms in total. The van der Waals surface area contributed by atoms with Gasteiger partial charge in [0.1, 0.15) is 0 Å². The second-order valence-corrected chi connectivity index (χ2v) is 3.94. The van der Waals surface area contributed by atoms with Crippen molar-refractivity contribution in [1.82, 2.24) is 4.98 Å². The maximum Gasteiger partial charge on any atom is 0.227 e. The van der Waals surface area contributed by atoms with Crippen molar-refractivity contribution in [3.8, 4) is 0 Å². The van der Waals surface area contributed by atoms with Crippen molar-refractivity contribution < 1.29 is 4.79 Å². The number of rotatable bonds is 2. The summed E-state index contributed by atoms with van der Waals surface area (Å²) in [5, 5.41) is 0.510. The van der Waals surface area contributed by atoms with Crippen LogP contribution >= 0.6 is 11.6 Å². The number of carbonyl (C=O) groups excluding carboxylic acids is 1. The highest BCUT2D eigenvalue weighted by Gasteiger charge is 2.29. The Kier molecular flexibility index (Phi) is 2.73. The maximum atomic E-state index is 11.7. The summed E-state index contributed by atoms with van der Waals surface area (Å²) in [7, 11) is 0. The normalized spacial score (nSPS) is 20.7. The fraction of sp³-hybridized carbons (Fsp3) is 0.273. The van der Waals surface area contributed by atoms with E-state index in [0.717, 1.165) is 5.69 Å². The van der Waals surface area contributed by atoms with Gasteiger partial charge in [0.2, 0.25) is 5.91 Å². The SMILES string of the molecule is C=CC1CC(=O)N(c2ccncc2Cl)C1. The van der Waals surface area contributed by atoms with Gasteiger partial charge in [-0.15, -0.1) is 6.58 Å². The van der Waals surface area contributed by atoms with Crippen LogP contribution in [0.15, 0.2) is 31.1 Å². The number of anilines is 1. The number of hydrogen-bond donors (Lipinski definition) is 0. The number of halogens is 1. The van der Waals surface area contributed by atoms with E-state index in [1.54, 1.807) is 23.4 Å². The van der Waals surface area contributed by atoms with E-state index < -0.39 is 0 Å². The summed E-state index contributed by atoms with van der Waals surface area (Å²) in [5.74, 6) is 0.315. The third-order valence-corrected chi connectivity index (χ3v) is 2.82. The van der Waals surface area contributed by atoms with Gasteiger partial charge in [-0.1, -0.05) is 17.7 Å². The van der Waals surface area contributed by atoms with Crippen molar-refractivity contribution in [2.45, 2.75) is 6.42 Å². The molecule has 0 spiro atoms. The number of aromatic nitrogens is 1. The molecule has 1 aromatic rings. The monoisotopic (exact) mass is 222 g/mol. The number of amides is 1. The van der Waals surface area contributed by atoms with Gasteiger partial charge in [0.05, 0.1) is 10.7 Å². The first-order valence-corrected chi connectivity index (χ1v) is 5.12. The molecule has 0 N–H and O–H groups in total. The predicted molar refractivity (Wildman–Crippen MR) is 59.9 cm³/mol. The van der Waals surface area contributed by atoms with E-state index in [9.17, 15) is 4.79 Å². The second-order valence-electron chi connectivity index (χ2n) is 3.53. The molecular weight excluding hydrogens is 212 g/mol. The molecule has 15 heavy (non-hydrogen) atoms. The Bertz CT molecular complexity index is 405. The summed E-state index contributed by atoms with van der Waals surface area (Å²) in [6.45, 7) is 4.36. The zero-order valence-electron chi connectivity index (χ0n) is 8.19.